The summed E-state index contributed by atoms with van der Waals surface area (Å²) in [7, 11) is 0. The van der Waals surface area contributed by atoms with Gasteiger partial charge in [-0.1, -0.05) is 0 Å². The molecule has 2 aliphatic heterocycles. The maximum Gasteiger partial charge on any atom is 0.0906 e. The van der Waals surface area contributed by atoms with E-state index in [0.717, 1.165) is 19.0 Å². The Labute approximate surface area is 79.5 Å². The van der Waals surface area contributed by atoms with Crippen molar-refractivity contribution in [2.75, 3.05) is 32.9 Å². The Balaban J connectivity index is 1.77. The minimum Gasteiger partial charge on any atom is -0.312 e. The highest BCUT2D eigenvalue weighted by Crippen LogP contribution is 2.24. The van der Waals surface area contributed by atoms with Gasteiger partial charge in [0.2, 0.25) is 0 Å². The maximum absolute atomic E-state index is 12.0. The van der Waals surface area contributed by atoms with Crippen LogP contribution in [0.1, 0.15) is 19.3 Å². The van der Waals surface area contributed by atoms with Crippen LogP contribution in [0.15, 0.2) is 0 Å². The van der Waals surface area contributed by atoms with Crippen LogP contribution in [0.2, 0.25) is 0 Å². The van der Waals surface area contributed by atoms with Gasteiger partial charge >= 0.3 is 0 Å². The van der Waals surface area contributed by atoms with Crippen LogP contribution in [0.25, 0.3) is 0 Å². The Hall–Kier alpha value is -0.150. The van der Waals surface area contributed by atoms with E-state index in [-0.39, 0.29) is 6.67 Å². The number of halogens is 1. The monoisotopic (exact) mass is 186 g/mol. The molecule has 2 rings (SSSR count). The van der Waals surface area contributed by atoms with Crippen molar-refractivity contribution in [3.63, 3.8) is 0 Å². The first-order chi connectivity index (χ1) is 6.40. The molecule has 0 saturated carbocycles. The Morgan fingerprint density at radius 2 is 2.31 bits per heavy atom. The summed E-state index contributed by atoms with van der Waals surface area (Å²) < 4.78 is 12.0. The molecular weight excluding hydrogens is 167 g/mol. The van der Waals surface area contributed by atoms with Crippen LogP contribution in [0.4, 0.5) is 4.39 Å². The lowest BCUT2D eigenvalue weighted by Crippen LogP contribution is -2.40. The highest BCUT2D eigenvalue weighted by atomic mass is 19.1. The molecule has 0 spiro atoms. The van der Waals surface area contributed by atoms with Crippen molar-refractivity contribution in [1.82, 2.24) is 10.2 Å². The fraction of sp³-hybridized carbons (Fsp3) is 1.00. The molecule has 2 heterocycles. The van der Waals surface area contributed by atoms with Crippen molar-refractivity contribution in [1.29, 1.82) is 0 Å². The molecule has 0 aromatic heterocycles. The molecule has 2 saturated heterocycles. The fourth-order valence-electron chi connectivity index (χ4n) is 2.60. The van der Waals surface area contributed by atoms with Crippen LogP contribution >= 0.6 is 0 Å². The van der Waals surface area contributed by atoms with E-state index in [1.807, 2.05) is 0 Å². The predicted octanol–water partition coefficient (Wildman–Crippen LogP) is 1.03. The summed E-state index contributed by atoms with van der Waals surface area (Å²) in [5.41, 5.74) is 0. The molecule has 1 N–H and O–H groups in total. The molecule has 0 bridgehead atoms. The third-order valence-electron chi connectivity index (χ3n) is 3.28. The molecule has 2 aliphatic rings. The lowest BCUT2D eigenvalue weighted by atomic mass is 9.94. The van der Waals surface area contributed by atoms with Gasteiger partial charge in [-0.3, -0.25) is 4.39 Å². The highest BCUT2D eigenvalue weighted by Gasteiger charge is 2.33. The van der Waals surface area contributed by atoms with Gasteiger partial charge in [-0.25, -0.2) is 0 Å². The van der Waals surface area contributed by atoms with E-state index in [2.05, 4.69) is 10.2 Å². The quantitative estimate of drug-likeness (QED) is 0.708. The first-order valence-corrected chi connectivity index (χ1v) is 5.42. The predicted molar refractivity (Wildman–Crippen MR) is 51.5 cm³/mol. The second-order valence-corrected chi connectivity index (χ2v) is 4.27. The first-order valence-electron chi connectivity index (χ1n) is 5.42. The molecular formula is C10H19FN2. The van der Waals surface area contributed by atoms with Gasteiger partial charge in [-0.15, -0.1) is 0 Å². The van der Waals surface area contributed by atoms with Crippen molar-refractivity contribution < 1.29 is 4.39 Å². The van der Waals surface area contributed by atoms with Crippen molar-refractivity contribution in [2.45, 2.75) is 25.3 Å². The van der Waals surface area contributed by atoms with E-state index >= 15 is 0 Å². The molecule has 13 heavy (non-hydrogen) atoms. The Bertz CT molecular complexity index is 149. The first kappa shape index (κ1) is 9.41. The van der Waals surface area contributed by atoms with Gasteiger partial charge in [0.05, 0.1) is 6.67 Å². The average Bonchev–Trinajstić information content (AvgIpc) is 2.57. The standard InChI is InChI=1S/C10H19FN2/c11-4-2-6-13-7-9-3-1-5-12-10(9)8-13/h9-10,12H,1-8H2. The van der Waals surface area contributed by atoms with E-state index in [0.29, 0.717) is 12.5 Å². The maximum atomic E-state index is 12.0. The number of piperidine rings is 1. The van der Waals surface area contributed by atoms with Crippen molar-refractivity contribution in [3.8, 4) is 0 Å². The Morgan fingerprint density at radius 1 is 1.38 bits per heavy atom. The molecule has 0 amide bonds. The van der Waals surface area contributed by atoms with E-state index in [4.69, 9.17) is 0 Å². The molecule has 0 aromatic rings. The smallest absolute Gasteiger partial charge is 0.0906 e. The number of nitrogens with zero attached hydrogens (tertiary/aromatic N) is 1. The highest BCUT2D eigenvalue weighted by molar-refractivity contribution is 4.91. The van der Waals surface area contributed by atoms with Gasteiger partial charge in [-0.2, -0.15) is 0 Å². The molecule has 76 valence electrons. The third kappa shape index (κ3) is 2.20. The van der Waals surface area contributed by atoms with E-state index < -0.39 is 0 Å². The molecule has 0 radical (unpaired) electrons. The summed E-state index contributed by atoms with van der Waals surface area (Å²) in [4.78, 5) is 2.41. The van der Waals surface area contributed by atoms with Gasteiger partial charge in [0, 0.05) is 25.7 Å². The zero-order valence-electron chi connectivity index (χ0n) is 8.14. The molecule has 0 aliphatic carbocycles. The van der Waals surface area contributed by atoms with Crippen molar-refractivity contribution >= 4 is 0 Å². The summed E-state index contributed by atoms with van der Waals surface area (Å²) >= 11 is 0. The summed E-state index contributed by atoms with van der Waals surface area (Å²) in [6.45, 7) is 4.30. The lowest BCUT2D eigenvalue weighted by Gasteiger charge is -2.24. The Morgan fingerprint density at radius 3 is 3.08 bits per heavy atom. The number of nitrogens with one attached hydrogen (secondary N) is 1. The molecule has 2 fully saturated rings. The van der Waals surface area contributed by atoms with Gasteiger partial charge in [-0.05, 0) is 31.7 Å². The summed E-state index contributed by atoms with van der Waals surface area (Å²) in [6, 6.07) is 0.702. The minimum absolute atomic E-state index is 0.167. The largest absolute Gasteiger partial charge is 0.312 e. The number of hydrogen-bond donors (Lipinski definition) is 1. The molecule has 2 nitrogen and oxygen atoms in total. The summed E-state index contributed by atoms with van der Waals surface area (Å²) in [5.74, 6) is 0.841. The SMILES string of the molecule is FCCCN1CC2CCCNC2C1. The van der Waals surface area contributed by atoms with Crippen LogP contribution < -0.4 is 5.32 Å². The minimum atomic E-state index is -0.167. The summed E-state index contributed by atoms with van der Waals surface area (Å²) in [5, 5.41) is 3.55. The average molecular weight is 186 g/mol. The third-order valence-corrected chi connectivity index (χ3v) is 3.28. The number of hydrogen-bond acceptors (Lipinski definition) is 2. The number of likely N-dealkylation sites (tertiary alicyclic amines) is 1. The van der Waals surface area contributed by atoms with Gasteiger partial charge in [0.1, 0.15) is 0 Å². The topological polar surface area (TPSA) is 15.3 Å². The van der Waals surface area contributed by atoms with Gasteiger partial charge in [0.25, 0.3) is 0 Å². The second-order valence-electron chi connectivity index (χ2n) is 4.27. The van der Waals surface area contributed by atoms with Crippen LogP contribution in [0.5, 0.6) is 0 Å². The van der Waals surface area contributed by atoms with Gasteiger partial charge < -0.3 is 10.2 Å². The second kappa shape index (κ2) is 4.38. The van der Waals surface area contributed by atoms with Crippen molar-refractivity contribution in [3.05, 3.63) is 0 Å². The van der Waals surface area contributed by atoms with Crippen LogP contribution in [0, 0.1) is 5.92 Å². The van der Waals surface area contributed by atoms with Gasteiger partial charge in [0.15, 0.2) is 0 Å². The van der Waals surface area contributed by atoms with Crippen LogP contribution in [-0.4, -0.2) is 43.8 Å². The molecule has 2 atom stereocenters. The van der Waals surface area contributed by atoms with Crippen molar-refractivity contribution in [2.24, 2.45) is 5.92 Å². The molecule has 0 aromatic carbocycles. The van der Waals surface area contributed by atoms with E-state index in [1.54, 1.807) is 0 Å². The van der Waals surface area contributed by atoms with Crippen LogP contribution in [0.3, 0.4) is 0 Å². The lowest BCUT2D eigenvalue weighted by molar-refractivity contribution is 0.299. The number of fused-ring (bicyclic) bond motifs is 1. The molecule has 2 unspecified atom stereocenters. The number of alkyl halides is 1. The molecule has 3 heteroatoms. The normalized spacial score (nSPS) is 34.8. The van der Waals surface area contributed by atoms with E-state index in [1.165, 1.54) is 25.9 Å². The van der Waals surface area contributed by atoms with Crippen LogP contribution in [-0.2, 0) is 0 Å². The fourth-order valence-corrected chi connectivity index (χ4v) is 2.60. The number of rotatable bonds is 3. The zero-order valence-corrected chi connectivity index (χ0v) is 8.14. The zero-order chi connectivity index (χ0) is 9.10. The Kier molecular flexibility index (Phi) is 3.17. The summed E-state index contributed by atoms with van der Waals surface area (Å²) in [6.07, 6.45) is 3.39. The van der Waals surface area contributed by atoms with E-state index in [9.17, 15) is 4.39 Å².